The van der Waals surface area contributed by atoms with Gasteiger partial charge in [0.1, 0.15) is 0 Å². The molecule has 20 heavy (non-hydrogen) atoms. The van der Waals surface area contributed by atoms with Gasteiger partial charge in [-0.15, -0.1) is 0 Å². The Morgan fingerprint density at radius 1 is 0.850 bits per heavy atom. The van der Waals surface area contributed by atoms with Gasteiger partial charge in [0.05, 0.1) is 6.54 Å². The molecule has 0 atom stereocenters. The first-order valence-electron chi connectivity index (χ1n) is 6.93. The Labute approximate surface area is 120 Å². The smallest absolute Gasteiger partial charge is 0.0507 e. The molecule has 0 unspecified atom stereocenters. The minimum atomic E-state index is 0.764. The Morgan fingerprint density at radius 2 is 1.60 bits per heavy atom. The molecule has 0 aromatic heterocycles. The lowest BCUT2D eigenvalue weighted by Crippen LogP contribution is -2.24. The SMILES string of the molecule is C=NCCNCCNc1ccccc1-c1ccccc1. The average Bonchev–Trinajstić information content (AvgIpc) is 2.52. The summed E-state index contributed by atoms with van der Waals surface area (Å²) in [7, 11) is 0. The van der Waals surface area contributed by atoms with E-state index in [9.17, 15) is 0 Å². The van der Waals surface area contributed by atoms with Crippen LogP contribution in [0.3, 0.4) is 0 Å². The lowest BCUT2D eigenvalue weighted by atomic mass is 10.0. The van der Waals surface area contributed by atoms with Crippen LogP contribution in [0.25, 0.3) is 11.1 Å². The number of nitrogens with one attached hydrogen (secondary N) is 2. The van der Waals surface area contributed by atoms with E-state index in [2.05, 4.69) is 70.9 Å². The van der Waals surface area contributed by atoms with Crippen LogP contribution in [0.2, 0.25) is 0 Å². The number of benzene rings is 2. The lowest BCUT2D eigenvalue weighted by Gasteiger charge is -2.12. The third kappa shape index (κ3) is 4.21. The van der Waals surface area contributed by atoms with Crippen molar-refractivity contribution < 1.29 is 0 Å². The second kappa shape index (κ2) is 8.12. The zero-order valence-corrected chi connectivity index (χ0v) is 11.7. The van der Waals surface area contributed by atoms with Crippen molar-refractivity contribution in [2.75, 3.05) is 31.5 Å². The second-order valence-corrected chi connectivity index (χ2v) is 4.54. The largest absolute Gasteiger partial charge is 0.383 e. The Balaban J connectivity index is 1.93. The molecule has 3 nitrogen and oxygen atoms in total. The zero-order chi connectivity index (χ0) is 14.0. The molecule has 0 aliphatic rings. The molecule has 3 heteroatoms. The molecule has 0 spiro atoms. The highest BCUT2D eigenvalue weighted by Crippen LogP contribution is 2.27. The summed E-state index contributed by atoms with van der Waals surface area (Å²) in [6.07, 6.45) is 0. The van der Waals surface area contributed by atoms with Crippen LogP contribution in [0.1, 0.15) is 0 Å². The highest BCUT2D eigenvalue weighted by Gasteiger charge is 2.02. The summed E-state index contributed by atoms with van der Waals surface area (Å²) in [5.74, 6) is 0. The number of anilines is 1. The van der Waals surface area contributed by atoms with Gasteiger partial charge in [-0.3, -0.25) is 4.99 Å². The van der Waals surface area contributed by atoms with Crippen molar-refractivity contribution in [1.82, 2.24) is 5.32 Å². The summed E-state index contributed by atoms with van der Waals surface area (Å²) >= 11 is 0. The molecular formula is C17H21N3. The van der Waals surface area contributed by atoms with Gasteiger partial charge < -0.3 is 10.6 Å². The van der Waals surface area contributed by atoms with E-state index < -0.39 is 0 Å². The fourth-order valence-corrected chi connectivity index (χ4v) is 2.08. The van der Waals surface area contributed by atoms with Gasteiger partial charge in [-0.1, -0.05) is 48.5 Å². The van der Waals surface area contributed by atoms with Gasteiger partial charge in [-0.25, -0.2) is 0 Å². The molecule has 2 aromatic rings. The summed E-state index contributed by atoms with van der Waals surface area (Å²) in [5.41, 5.74) is 3.64. The fraction of sp³-hybridized carbons (Fsp3) is 0.235. The number of rotatable bonds is 8. The van der Waals surface area contributed by atoms with E-state index in [1.807, 2.05) is 6.07 Å². The van der Waals surface area contributed by atoms with Crippen LogP contribution in [0, 0.1) is 0 Å². The molecule has 0 bridgehead atoms. The summed E-state index contributed by atoms with van der Waals surface area (Å²) < 4.78 is 0. The molecule has 104 valence electrons. The predicted octanol–water partition coefficient (Wildman–Crippen LogP) is 3.06. The van der Waals surface area contributed by atoms with Gasteiger partial charge in [0.15, 0.2) is 0 Å². The van der Waals surface area contributed by atoms with E-state index in [0.29, 0.717) is 0 Å². The van der Waals surface area contributed by atoms with Gasteiger partial charge >= 0.3 is 0 Å². The summed E-state index contributed by atoms with van der Waals surface area (Å²) in [5, 5.41) is 6.80. The van der Waals surface area contributed by atoms with Crippen molar-refractivity contribution in [2.45, 2.75) is 0 Å². The Hall–Kier alpha value is -2.13. The standard InChI is InChI=1S/C17H21N3/c1-18-11-12-19-13-14-20-17-10-6-5-9-16(17)15-7-3-2-4-8-15/h2-10,19-20H,1,11-14H2. The molecule has 2 N–H and O–H groups in total. The molecule has 0 amide bonds. The number of aliphatic imine (C=N–C) groups is 1. The molecule has 2 rings (SSSR count). The van der Waals surface area contributed by atoms with E-state index in [1.165, 1.54) is 16.8 Å². The van der Waals surface area contributed by atoms with E-state index >= 15 is 0 Å². The molecule has 0 saturated heterocycles. The van der Waals surface area contributed by atoms with Crippen LogP contribution in [-0.2, 0) is 0 Å². The lowest BCUT2D eigenvalue weighted by molar-refractivity contribution is 0.709. The summed E-state index contributed by atoms with van der Waals surface area (Å²) in [4.78, 5) is 3.81. The van der Waals surface area contributed by atoms with E-state index in [0.717, 1.165) is 26.2 Å². The Kier molecular flexibility index (Phi) is 5.80. The molecule has 0 fully saturated rings. The quantitative estimate of drug-likeness (QED) is 0.569. The molecule has 0 aliphatic heterocycles. The Bertz CT molecular complexity index is 523. The van der Waals surface area contributed by atoms with Crippen LogP contribution in [0.4, 0.5) is 5.69 Å². The van der Waals surface area contributed by atoms with Crippen molar-refractivity contribution in [3.8, 4) is 11.1 Å². The van der Waals surface area contributed by atoms with Gasteiger partial charge in [0.2, 0.25) is 0 Å². The minimum Gasteiger partial charge on any atom is -0.383 e. The van der Waals surface area contributed by atoms with Crippen LogP contribution in [-0.4, -0.2) is 32.9 Å². The number of para-hydroxylation sites is 1. The van der Waals surface area contributed by atoms with E-state index in [4.69, 9.17) is 0 Å². The van der Waals surface area contributed by atoms with Gasteiger partial charge in [0, 0.05) is 30.9 Å². The Morgan fingerprint density at radius 3 is 2.40 bits per heavy atom. The first-order chi connectivity index (χ1) is 9.92. The van der Waals surface area contributed by atoms with Crippen molar-refractivity contribution in [3.05, 3.63) is 54.6 Å². The van der Waals surface area contributed by atoms with Crippen LogP contribution in [0.5, 0.6) is 0 Å². The summed E-state index contributed by atoms with van der Waals surface area (Å²) in [6.45, 7) is 6.92. The third-order valence-electron chi connectivity index (χ3n) is 3.08. The average molecular weight is 267 g/mol. The first-order valence-corrected chi connectivity index (χ1v) is 6.93. The predicted molar refractivity (Wildman–Crippen MR) is 87.7 cm³/mol. The maximum Gasteiger partial charge on any atom is 0.0507 e. The van der Waals surface area contributed by atoms with Gasteiger partial charge in [0.25, 0.3) is 0 Å². The van der Waals surface area contributed by atoms with Crippen molar-refractivity contribution in [3.63, 3.8) is 0 Å². The van der Waals surface area contributed by atoms with E-state index in [-0.39, 0.29) is 0 Å². The molecule has 2 aromatic carbocycles. The van der Waals surface area contributed by atoms with Gasteiger partial charge in [-0.05, 0) is 18.3 Å². The van der Waals surface area contributed by atoms with E-state index in [1.54, 1.807) is 0 Å². The topological polar surface area (TPSA) is 36.4 Å². The maximum absolute atomic E-state index is 3.81. The monoisotopic (exact) mass is 267 g/mol. The molecule has 0 radical (unpaired) electrons. The second-order valence-electron chi connectivity index (χ2n) is 4.54. The molecule has 0 heterocycles. The van der Waals surface area contributed by atoms with Crippen LogP contribution < -0.4 is 10.6 Å². The highest BCUT2D eigenvalue weighted by atomic mass is 15.0. The third-order valence-corrected chi connectivity index (χ3v) is 3.08. The maximum atomic E-state index is 3.81. The van der Waals surface area contributed by atoms with Crippen LogP contribution >= 0.6 is 0 Å². The van der Waals surface area contributed by atoms with Crippen molar-refractivity contribution in [2.24, 2.45) is 4.99 Å². The number of nitrogens with zero attached hydrogens (tertiary/aromatic N) is 1. The molecular weight excluding hydrogens is 246 g/mol. The van der Waals surface area contributed by atoms with Crippen LogP contribution in [0.15, 0.2) is 59.6 Å². The fourth-order valence-electron chi connectivity index (χ4n) is 2.08. The zero-order valence-electron chi connectivity index (χ0n) is 11.7. The molecule has 0 aliphatic carbocycles. The van der Waals surface area contributed by atoms with Crippen molar-refractivity contribution >= 4 is 12.4 Å². The summed E-state index contributed by atoms with van der Waals surface area (Å²) in [6, 6.07) is 18.8. The normalized spacial score (nSPS) is 10.2. The minimum absolute atomic E-state index is 0.764. The molecule has 0 saturated carbocycles. The first kappa shape index (κ1) is 14.3. The van der Waals surface area contributed by atoms with Crippen molar-refractivity contribution in [1.29, 1.82) is 0 Å². The van der Waals surface area contributed by atoms with Gasteiger partial charge in [-0.2, -0.15) is 0 Å². The number of hydrogen-bond acceptors (Lipinski definition) is 3. The highest BCUT2D eigenvalue weighted by molar-refractivity contribution is 5.77. The number of hydrogen-bond donors (Lipinski definition) is 2.